The van der Waals surface area contributed by atoms with E-state index in [0.29, 0.717) is 6.04 Å². The Morgan fingerprint density at radius 1 is 1.24 bits per heavy atom. The van der Waals surface area contributed by atoms with Crippen molar-refractivity contribution in [3.05, 3.63) is 22.3 Å². The highest BCUT2D eigenvalue weighted by atomic mass is 79.9. The molecule has 0 spiro atoms. The monoisotopic (exact) mass is 297 g/mol. The summed E-state index contributed by atoms with van der Waals surface area (Å²) in [5.41, 5.74) is 1.20. The number of hydrogen-bond donors (Lipinski definition) is 0. The molecule has 0 amide bonds. The minimum absolute atomic E-state index is 0.645. The van der Waals surface area contributed by atoms with Gasteiger partial charge >= 0.3 is 0 Å². The van der Waals surface area contributed by atoms with E-state index < -0.39 is 0 Å². The molecule has 0 unspecified atom stereocenters. The van der Waals surface area contributed by atoms with E-state index in [-0.39, 0.29) is 0 Å². The van der Waals surface area contributed by atoms with Crippen LogP contribution < -0.4 is 4.90 Å². The van der Waals surface area contributed by atoms with Gasteiger partial charge in [0.15, 0.2) is 0 Å². The summed E-state index contributed by atoms with van der Waals surface area (Å²) in [7, 11) is 0. The van der Waals surface area contributed by atoms with Crippen molar-refractivity contribution in [1.29, 1.82) is 0 Å². The Bertz CT molecular complexity index is 384. The molecule has 2 heterocycles. The van der Waals surface area contributed by atoms with Crippen molar-refractivity contribution >= 4 is 21.7 Å². The molecule has 2 rings (SSSR count). The molecule has 1 fully saturated rings. The van der Waals surface area contributed by atoms with Crippen LogP contribution in [0.5, 0.6) is 0 Å². The van der Waals surface area contributed by atoms with Crippen LogP contribution in [-0.2, 0) is 0 Å². The molecule has 3 nitrogen and oxygen atoms in total. The molecule has 0 aromatic carbocycles. The Balaban J connectivity index is 2.05. The van der Waals surface area contributed by atoms with Gasteiger partial charge in [-0.15, -0.1) is 0 Å². The lowest BCUT2D eigenvalue weighted by molar-refractivity contribution is 0.209. The molecule has 0 bridgehead atoms. The Morgan fingerprint density at radius 2 is 1.88 bits per heavy atom. The van der Waals surface area contributed by atoms with Crippen LogP contribution in [0, 0.1) is 6.92 Å². The molecule has 1 aromatic heterocycles. The fraction of sp³-hybridized carbons (Fsp3) is 0.615. The number of rotatable bonds is 2. The largest absolute Gasteiger partial charge is 0.353 e. The van der Waals surface area contributed by atoms with Gasteiger partial charge in [0.2, 0.25) is 0 Å². The maximum Gasteiger partial charge on any atom is 0.142 e. The molecule has 1 aromatic rings. The van der Waals surface area contributed by atoms with Crippen molar-refractivity contribution in [3.8, 4) is 0 Å². The second kappa shape index (κ2) is 5.36. The van der Waals surface area contributed by atoms with Gasteiger partial charge in [-0.25, -0.2) is 4.98 Å². The van der Waals surface area contributed by atoms with Crippen LogP contribution in [0.1, 0.15) is 19.4 Å². The van der Waals surface area contributed by atoms with Gasteiger partial charge in [0, 0.05) is 38.4 Å². The SMILES string of the molecule is Cc1cnc(N2CCN(C(C)C)CC2)c(Br)c1. The summed E-state index contributed by atoms with van der Waals surface area (Å²) in [5, 5.41) is 0. The van der Waals surface area contributed by atoms with Crippen LogP contribution in [0.3, 0.4) is 0 Å². The van der Waals surface area contributed by atoms with Crippen molar-refractivity contribution in [2.24, 2.45) is 0 Å². The molecule has 1 aliphatic heterocycles. The molecular formula is C13H20BrN3. The molecule has 0 saturated carbocycles. The molecule has 94 valence electrons. The van der Waals surface area contributed by atoms with E-state index in [4.69, 9.17) is 0 Å². The van der Waals surface area contributed by atoms with Crippen LogP contribution in [0.15, 0.2) is 16.7 Å². The fourth-order valence-electron chi connectivity index (χ4n) is 2.21. The average Bonchev–Trinajstić information content (AvgIpc) is 2.29. The van der Waals surface area contributed by atoms with E-state index in [1.165, 1.54) is 5.56 Å². The molecule has 0 aliphatic carbocycles. The highest BCUT2D eigenvalue weighted by Gasteiger charge is 2.20. The first kappa shape index (κ1) is 12.8. The molecule has 0 radical (unpaired) electrons. The smallest absolute Gasteiger partial charge is 0.142 e. The standard InChI is InChI=1S/C13H20BrN3/c1-10(2)16-4-6-17(7-5-16)13-12(14)8-11(3)9-15-13/h8-10H,4-7H2,1-3H3. The van der Waals surface area contributed by atoms with Crippen molar-refractivity contribution < 1.29 is 0 Å². The van der Waals surface area contributed by atoms with Gasteiger partial charge in [-0.2, -0.15) is 0 Å². The molecule has 4 heteroatoms. The summed E-state index contributed by atoms with van der Waals surface area (Å²) in [4.78, 5) is 9.41. The number of pyridine rings is 1. The van der Waals surface area contributed by atoms with Gasteiger partial charge in [-0.05, 0) is 48.3 Å². The first-order valence-electron chi connectivity index (χ1n) is 6.19. The van der Waals surface area contributed by atoms with Crippen molar-refractivity contribution in [1.82, 2.24) is 9.88 Å². The third-order valence-electron chi connectivity index (χ3n) is 3.30. The van der Waals surface area contributed by atoms with Crippen molar-refractivity contribution in [2.75, 3.05) is 31.1 Å². The van der Waals surface area contributed by atoms with Crippen LogP contribution in [0.2, 0.25) is 0 Å². The Hall–Kier alpha value is -0.610. The first-order valence-corrected chi connectivity index (χ1v) is 6.98. The van der Waals surface area contributed by atoms with E-state index in [1.807, 2.05) is 6.20 Å². The lowest BCUT2D eigenvalue weighted by Gasteiger charge is -2.37. The lowest BCUT2D eigenvalue weighted by atomic mass is 10.2. The van der Waals surface area contributed by atoms with Crippen molar-refractivity contribution in [3.63, 3.8) is 0 Å². The minimum atomic E-state index is 0.645. The summed E-state index contributed by atoms with van der Waals surface area (Å²) in [6.07, 6.45) is 1.94. The van der Waals surface area contributed by atoms with Gasteiger partial charge in [-0.3, -0.25) is 4.90 Å². The Labute approximate surface area is 112 Å². The molecular weight excluding hydrogens is 278 g/mol. The fourth-order valence-corrected chi connectivity index (χ4v) is 2.92. The van der Waals surface area contributed by atoms with E-state index in [2.05, 4.69) is 57.6 Å². The van der Waals surface area contributed by atoms with Gasteiger partial charge in [0.05, 0.1) is 4.47 Å². The van der Waals surface area contributed by atoms with Gasteiger partial charge in [0.25, 0.3) is 0 Å². The maximum atomic E-state index is 4.53. The van der Waals surface area contributed by atoms with Crippen molar-refractivity contribution in [2.45, 2.75) is 26.8 Å². The van der Waals surface area contributed by atoms with E-state index in [1.54, 1.807) is 0 Å². The lowest BCUT2D eigenvalue weighted by Crippen LogP contribution is -2.49. The summed E-state index contributed by atoms with van der Waals surface area (Å²) in [5.74, 6) is 1.08. The number of piperazine rings is 1. The van der Waals surface area contributed by atoms with Gasteiger partial charge < -0.3 is 4.90 Å². The third-order valence-corrected chi connectivity index (χ3v) is 3.89. The molecule has 0 atom stereocenters. The van der Waals surface area contributed by atoms with Crippen LogP contribution >= 0.6 is 15.9 Å². The second-order valence-electron chi connectivity index (χ2n) is 4.93. The van der Waals surface area contributed by atoms with Gasteiger partial charge in [-0.1, -0.05) is 0 Å². The highest BCUT2D eigenvalue weighted by molar-refractivity contribution is 9.10. The zero-order valence-corrected chi connectivity index (χ0v) is 12.4. The average molecular weight is 298 g/mol. The maximum absolute atomic E-state index is 4.53. The molecule has 17 heavy (non-hydrogen) atoms. The van der Waals surface area contributed by atoms with Gasteiger partial charge in [0.1, 0.15) is 5.82 Å². The molecule has 1 aliphatic rings. The van der Waals surface area contributed by atoms with E-state index in [0.717, 1.165) is 36.5 Å². The number of nitrogens with zero attached hydrogens (tertiary/aromatic N) is 3. The topological polar surface area (TPSA) is 19.4 Å². The Morgan fingerprint density at radius 3 is 2.41 bits per heavy atom. The summed E-state index contributed by atoms with van der Waals surface area (Å²) < 4.78 is 1.11. The van der Waals surface area contributed by atoms with E-state index in [9.17, 15) is 0 Å². The number of hydrogen-bond acceptors (Lipinski definition) is 3. The summed E-state index contributed by atoms with van der Waals surface area (Å²) >= 11 is 3.61. The number of anilines is 1. The van der Waals surface area contributed by atoms with Crippen LogP contribution in [0.25, 0.3) is 0 Å². The summed E-state index contributed by atoms with van der Waals surface area (Å²) in [6, 6.07) is 2.78. The predicted octanol–water partition coefficient (Wildman–Crippen LogP) is 2.68. The first-order chi connectivity index (χ1) is 8.08. The number of aromatic nitrogens is 1. The zero-order chi connectivity index (χ0) is 12.4. The Kier molecular flexibility index (Phi) is 4.05. The second-order valence-corrected chi connectivity index (χ2v) is 5.79. The molecule has 0 N–H and O–H groups in total. The zero-order valence-electron chi connectivity index (χ0n) is 10.8. The summed E-state index contributed by atoms with van der Waals surface area (Å²) in [6.45, 7) is 11.0. The number of halogens is 1. The van der Waals surface area contributed by atoms with Crippen LogP contribution in [0.4, 0.5) is 5.82 Å². The normalized spacial score (nSPS) is 17.8. The van der Waals surface area contributed by atoms with E-state index >= 15 is 0 Å². The predicted molar refractivity (Wildman–Crippen MR) is 75.6 cm³/mol. The van der Waals surface area contributed by atoms with Crippen LogP contribution in [-0.4, -0.2) is 42.1 Å². The quantitative estimate of drug-likeness (QED) is 0.837. The highest BCUT2D eigenvalue weighted by Crippen LogP contribution is 2.25. The minimum Gasteiger partial charge on any atom is -0.353 e. The number of aryl methyl sites for hydroxylation is 1. The molecule has 1 saturated heterocycles. The third kappa shape index (κ3) is 2.99.